The van der Waals surface area contributed by atoms with Gasteiger partial charge in [-0.05, 0) is 62.2 Å². The molecule has 0 aromatic heterocycles. The van der Waals surface area contributed by atoms with E-state index in [1.165, 1.54) is 44.9 Å². The Labute approximate surface area is 158 Å². The van der Waals surface area contributed by atoms with Gasteiger partial charge in [0.1, 0.15) is 0 Å². The molecular formula is C22H44O2Si. The summed E-state index contributed by atoms with van der Waals surface area (Å²) in [5.74, 6) is 3.09. The van der Waals surface area contributed by atoms with Gasteiger partial charge in [0.2, 0.25) is 0 Å². The Kier molecular flexibility index (Phi) is 8.48. The molecule has 0 radical (unpaired) electrons. The summed E-state index contributed by atoms with van der Waals surface area (Å²) in [5.41, 5.74) is 1.41. The normalized spacial score (nSPS) is 36.4. The van der Waals surface area contributed by atoms with E-state index in [0.717, 1.165) is 37.4 Å². The zero-order valence-corrected chi connectivity index (χ0v) is 18.9. The van der Waals surface area contributed by atoms with E-state index in [-0.39, 0.29) is 0 Å². The van der Waals surface area contributed by atoms with Crippen molar-refractivity contribution in [3.8, 4) is 0 Å². The molecular weight excluding hydrogens is 324 g/mol. The van der Waals surface area contributed by atoms with E-state index in [2.05, 4.69) is 41.5 Å². The first-order valence-electron chi connectivity index (χ1n) is 11.1. The molecule has 2 saturated carbocycles. The fraction of sp³-hybridized carbons (Fsp3) is 1.00. The Morgan fingerprint density at radius 2 is 1.48 bits per heavy atom. The molecule has 3 heteroatoms. The minimum atomic E-state index is -2.20. The van der Waals surface area contributed by atoms with E-state index < -0.39 is 8.56 Å². The first kappa shape index (κ1) is 21.4. The molecule has 2 nitrogen and oxygen atoms in total. The predicted molar refractivity (Wildman–Crippen MR) is 110 cm³/mol. The van der Waals surface area contributed by atoms with Crippen LogP contribution in [0, 0.1) is 23.7 Å². The van der Waals surface area contributed by atoms with E-state index >= 15 is 0 Å². The van der Waals surface area contributed by atoms with Crippen LogP contribution in [0.1, 0.15) is 92.9 Å². The Bertz CT molecular complexity index is 376. The van der Waals surface area contributed by atoms with Crippen LogP contribution in [0.3, 0.4) is 0 Å². The van der Waals surface area contributed by atoms with Gasteiger partial charge in [0, 0.05) is 24.3 Å². The van der Waals surface area contributed by atoms with Crippen LogP contribution in [0.25, 0.3) is 0 Å². The third kappa shape index (κ3) is 5.81. The lowest BCUT2D eigenvalue weighted by atomic mass is 9.83. The van der Waals surface area contributed by atoms with Crippen molar-refractivity contribution in [2.24, 2.45) is 23.7 Å². The molecule has 0 saturated heterocycles. The second-order valence-electron chi connectivity index (χ2n) is 9.86. The fourth-order valence-corrected chi connectivity index (χ4v) is 11.1. The van der Waals surface area contributed by atoms with Crippen molar-refractivity contribution in [1.82, 2.24) is 0 Å². The van der Waals surface area contributed by atoms with Crippen LogP contribution in [0.15, 0.2) is 0 Å². The summed E-state index contributed by atoms with van der Waals surface area (Å²) in [7, 11) is -2.20. The third-order valence-electron chi connectivity index (χ3n) is 6.43. The molecule has 2 fully saturated rings. The third-order valence-corrected chi connectivity index (χ3v) is 11.0. The summed E-state index contributed by atoms with van der Waals surface area (Å²) in [6, 6.07) is 0. The molecule has 0 aromatic carbocycles. The lowest BCUT2D eigenvalue weighted by molar-refractivity contribution is 0.109. The zero-order valence-electron chi connectivity index (χ0n) is 17.9. The van der Waals surface area contributed by atoms with Crippen molar-refractivity contribution in [3.63, 3.8) is 0 Å². The average molecular weight is 369 g/mol. The van der Waals surface area contributed by atoms with Crippen molar-refractivity contribution >= 4 is 8.56 Å². The Morgan fingerprint density at radius 3 is 2.04 bits per heavy atom. The number of hydrogen-bond acceptors (Lipinski definition) is 2. The van der Waals surface area contributed by atoms with Crippen molar-refractivity contribution < 1.29 is 8.85 Å². The van der Waals surface area contributed by atoms with E-state index in [9.17, 15) is 0 Å². The van der Waals surface area contributed by atoms with Crippen molar-refractivity contribution in [2.45, 2.75) is 104 Å². The molecule has 0 aliphatic heterocycles. The van der Waals surface area contributed by atoms with Gasteiger partial charge in [-0.15, -0.1) is 0 Å². The molecule has 25 heavy (non-hydrogen) atoms. The minimum absolute atomic E-state index is 0.594. The largest absolute Gasteiger partial charge is 0.394 e. The molecule has 0 heterocycles. The van der Waals surface area contributed by atoms with Crippen molar-refractivity contribution in [2.75, 3.05) is 13.2 Å². The SMILES string of the molecule is CCCO[Si](OCC(C)C)(C1CCCC(C)C1)C1CC(C)CC(C)C1. The number of rotatable bonds is 8. The maximum absolute atomic E-state index is 6.93. The van der Waals surface area contributed by atoms with Gasteiger partial charge in [-0.3, -0.25) is 0 Å². The van der Waals surface area contributed by atoms with Crippen molar-refractivity contribution in [1.29, 1.82) is 0 Å². The first-order chi connectivity index (χ1) is 11.9. The maximum atomic E-state index is 6.93. The van der Waals surface area contributed by atoms with Gasteiger partial charge in [-0.25, -0.2) is 0 Å². The Hall–Kier alpha value is 0.137. The molecule has 2 aliphatic rings. The predicted octanol–water partition coefficient (Wildman–Crippen LogP) is 6.93. The zero-order chi connectivity index (χ0) is 18.4. The van der Waals surface area contributed by atoms with Crippen LogP contribution < -0.4 is 0 Å². The summed E-state index contributed by atoms with van der Waals surface area (Å²) in [6.07, 6.45) is 10.6. The molecule has 2 aliphatic carbocycles. The molecule has 0 bridgehead atoms. The van der Waals surface area contributed by atoms with Gasteiger partial charge in [-0.2, -0.15) is 0 Å². The standard InChI is InChI=1S/C22H44O2Si/c1-7-11-23-25(24-16-17(2)3,21-10-8-9-18(4)13-21)22-14-19(5)12-20(6)15-22/h17-22H,7-16H2,1-6H3. The van der Waals surface area contributed by atoms with Gasteiger partial charge in [-0.1, -0.05) is 54.4 Å². The molecule has 0 amide bonds. The smallest absolute Gasteiger partial charge is 0.344 e. The van der Waals surface area contributed by atoms with Gasteiger partial charge in [0.25, 0.3) is 0 Å². The van der Waals surface area contributed by atoms with Gasteiger partial charge >= 0.3 is 8.56 Å². The molecule has 5 unspecified atom stereocenters. The summed E-state index contributed by atoms with van der Waals surface area (Å²) in [4.78, 5) is 0. The Balaban J connectivity index is 2.30. The molecule has 5 atom stereocenters. The molecule has 2 rings (SSSR count). The van der Waals surface area contributed by atoms with Crippen molar-refractivity contribution in [3.05, 3.63) is 0 Å². The van der Waals surface area contributed by atoms with E-state index in [1.54, 1.807) is 0 Å². The highest BCUT2D eigenvalue weighted by molar-refractivity contribution is 6.70. The van der Waals surface area contributed by atoms with Crippen LogP contribution in [0.4, 0.5) is 0 Å². The molecule has 0 spiro atoms. The topological polar surface area (TPSA) is 18.5 Å². The first-order valence-corrected chi connectivity index (χ1v) is 13.1. The summed E-state index contributed by atoms with van der Waals surface area (Å²) in [5, 5.41) is 0. The fourth-order valence-electron chi connectivity index (χ4n) is 5.48. The van der Waals surface area contributed by atoms with Crippen LogP contribution in [0.5, 0.6) is 0 Å². The summed E-state index contributed by atoms with van der Waals surface area (Å²) < 4.78 is 13.8. The molecule has 0 N–H and O–H groups in total. The van der Waals surface area contributed by atoms with Crippen LogP contribution >= 0.6 is 0 Å². The molecule has 0 aromatic rings. The second-order valence-corrected chi connectivity index (χ2v) is 13.5. The average Bonchev–Trinajstić information content (AvgIpc) is 2.54. The lowest BCUT2D eigenvalue weighted by Gasteiger charge is -2.48. The molecule has 148 valence electrons. The number of hydrogen-bond donors (Lipinski definition) is 0. The maximum Gasteiger partial charge on any atom is 0.344 e. The highest BCUT2D eigenvalue weighted by Gasteiger charge is 2.54. The quantitative estimate of drug-likeness (QED) is 0.432. The highest BCUT2D eigenvalue weighted by Crippen LogP contribution is 2.52. The minimum Gasteiger partial charge on any atom is -0.394 e. The van der Waals surface area contributed by atoms with Gasteiger partial charge in [0.15, 0.2) is 0 Å². The van der Waals surface area contributed by atoms with Crippen LogP contribution in [-0.4, -0.2) is 21.8 Å². The second kappa shape index (κ2) is 9.89. The van der Waals surface area contributed by atoms with E-state index in [0.29, 0.717) is 17.0 Å². The van der Waals surface area contributed by atoms with Crippen LogP contribution in [0.2, 0.25) is 11.1 Å². The van der Waals surface area contributed by atoms with Gasteiger partial charge in [0.05, 0.1) is 0 Å². The Morgan fingerprint density at radius 1 is 0.840 bits per heavy atom. The van der Waals surface area contributed by atoms with Crippen LogP contribution in [-0.2, 0) is 8.85 Å². The van der Waals surface area contributed by atoms with E-state index in [1.807, 2.05) is 0 Å². The van der Waals surface area contributed by atoms with E-state index in [4.69, 9.17) is 8.85 Å². The summed E-state index contributed by atoms with van der Waals surface area (Å²) >= 11 is 0. The summed E-state index contributed by atoms with van der Waals surface area (Å²) in [6.45, 7) is 16.0. The van der Waals surface area contributed by atoms with Gasteiger partial charge < -0.3 is 8.85 Å². The highest BCUT2D eigenvalue weighted by atomic mass is 28.4. The lowest BCUT2D eigenvalue weighted by Crippen LogP contribution is -2.54. The monoisotopic (exact) mass is 368 g/mol.